The molecule has 1 saturated heterocycles. The molecule has 2 heterocycles. The lowest BCUT2D eigenvalue weighted by Gasteiger charge is -2.38. The smallest absolute Gasteiger partial charge is 0.327 e. The summed E-state index contributed by atoms with van der Waals surface area (Å²) >= 11 is 12.5. The van der Waals surface area contributed by atoms with Gasteiger partial charge in [-0.05, 0) is 23.8 Å². The Hall–Kier alpha value is -2.48. The molecule has 1 fully saturated rings. The Morgan fingerprint density at radius 1 is 1.03 bits per heavy atom. The first-order valence-electron chi connectivity index (χ1n) is 9.44. The second-order valence-electron chi connectivity index (χ2n) is 6.97. The second-order valence-corrected chi connectivity index (χ2v) is 7.78. The highest BCUT2D eigenvalue weighted by Crippen LogP contribution is 2.40. The van der Waals surface area contributed by atoms with Crippen molar-refractivity contribution in [3.8, 4) is 11.5 Å². The van der Waals surface area contributed by atoms with E-state index in [1.807, 2.05) is 23.1 Å². The molecular weight excluding hydrogens is 431 g/mol. The van der Waals surface area contributed by atoms with E-state index >= 15 is 0 Å². The molecule has 2 aromatic rings. The third-order valence-corrected chi connectivity index (χ3v) is 5.89. The Morgan fingerprint density at radius 2 is 1.77 bits per heavy atom. The third-order valence-electron chi connectivity index (χ3n) is 5.27. The van der Waals surface area contributed by atoms with Crippen LogP contribution < -0.4 is 9.47 Å². The third kappa shape index (κ3) is 3.93. The van der Waals surface area contributed by atoms with Crippen LogP contribution in [0.1, 0.15) is 22.0 Å². The number of methoxy groups -OCH3 is 1. The first kappa shape index (κ1) is 20.8. The maximum absolute atomic E-state index is 13.0. The van der Waals surface area contributed by atoms with Crippen LogP contribution in [0.2, 0.25) is 10.0 Å². The predicted molar refractivity (Wildman–Crippen MR) is 111 cm³/mol. The van der Waals surface area contributed by atoms with Crippen LogP contribution in [-0.4, -0.2) is 61.8 Å². The van der Waals surface area contributed by atoms with Gasteiger partial charge < -0.3 is 19.1 Å². The topological polar surface area (TPSA) is 68.3 Å². The summed E-state index contributed by atoms with van der Waals surface area (Å²) in [5, 5.41) is 0.845. The van der Waals surface area contributed by atoms with Crippen molar-refractivity contribution in [1.29, 1.82) is 0 Å². The van der Waals surface area contributed by atoms with Gasteiger partial charge in [0.15, 0.2) is 11.5 Å². The normalized spacial score (nSPS) is 17.0. The van der Waals surface area contributed by atoms with E-state index in [4.69, 9.17) is 37.4 Å². The first-order valence-corrected chi connectivity index (χ1v) is 10.2. The van der Waals surface area contributed by atoms with Crippen LogP contribution in [0.5, 0.6) is 11.5 Å². The maximum Gasteiger partial charge on any atom is 0.327 e. The van der Waals surface area contributed by atoms with E-state index in [9.17, 15) is 9.59 Å². The van der Waals surface area contributed by atoms with E-state index in [1.165, 1.54) is 7.11 Å². The van der Waals surface area contributed by atoms with E-state index in [0.29, 0.717) is 58.9 Å². The fourth-order valence-corrected chi connectivity index (χ4v) is 4.24. The van der Waals surface area contributed by atoms with Crippen molar-refractivity contribution in [2.24, 2.45) is 0 Å². The first-order chi connectivity index (χ1) is 14.5. The van der Waals surface area contributed by atoms with E-state index in [0.717, 1.165) is 0 Å². The Balaban J connectivity index is 1.49. The standard InChI is InChI=1S/C21H20Cl2N2O5/c1-28-21(27)18(14-4-2-3-5-15(14)22)24-6-8-25(9-7-24)20(26)13-10-16(23)19-17(11-13)29-12-30-19/h2-5,10-11,18H,6-9,12H2,1H3/t18-/m0/s1. The van der Waals surface area contributed by atoms with Gasteiger partial charge in [0.05, 0.1) is 12.1 Å². The average molecular weight is 451 g/mol. The van der Waals surface area contributed by atoms with E-state index < -0.39 is 6.04 Å². The van der Waals surface area contributed by atoms with Crippen molar-refractivity contribution >= 4 is 35.1 Å². The lowest BCUT2D eigenvalue weighted by molar-refractivity contribution is -0.148. The molecule has 0 aliphatic carbocycles. The number of amides is 1. The molecule has 2 aliphatic heterocycles. The highest BCUT2D eigenvalue weighted by atomic mass is 35.5. The summed E-state index contributed by atoms with van der Waals surface area (Å²) in [4.78, 5) is 29.2. The molecule has 9 heteroatoms. The fourth-order valence-electron chi connectivity index (χ4n) is 3.74. The van der Waals surface area contributed by atoms with Crippen molar-refractivity contribution in [2.45, 2.75) is 6.04 Å². The lowest BCUT2D eigenvalue weighted by Crippen LogP contribution is -2.51. The number of benzene rings is 2. The summed E-state index contributed by atoms with van der Waals surface area (Å²) in [6.45, 7) is 1.97. The van der Waals surface area contributed by atoms with Crippen molar-refractivity contribution in [3.63, 3.8) is 0 Å². The lowest BCUT2D eigenvalue weighted by atomic mass is 10.0. The van der Waals surface area contributed by atoms with Gasteiger partial charge >= 0.3 is 5.97 Å². The van der Waals surface area contributed by atoms with Gasteiger partial charge in [-0.25, -0.2) is 4.79 Å². The number of ether oxygens (including phenoxy) is 3. The van der Waals surface area contributed by atoms with Crippen LogP contribution >= 0.6 is 23.2 Å². The van der Waals surface area contributed by atoms with Crippen LogP contribution in [0.25, 0.3) is 0 Å². The van der Waals surface area contributed by atoms with Gasteiger partial charge in [-0.3, -0.25) is 9.69 Å². The number of nitrogens with zero attached hydrogens (tertiary/aromatic N) is 2. The molecule has 2 aliphatic rings. The number of piperazine rings is 1. The minimum absolute atomic E-state index is 0.0856. The highest BCUT2D eigenvalue weighted by molar-refractivity contribution is 6.32. The molecule has 0 aromatic heterocycles. The number of carbonyl (C=O) groups is 2. The number of hydrogen-bond acceptors (Lipinski definition) is 6. The predicted octanol–water partition coefficient (Wildman–Crippen LogP) is 3.39. The Labute approximate surface area is 184 Å². The van der Waals surface area contributed by atoms with E-state index in [1.54, 1.807) is 23.1 Å². The average Bonchev–Trinajstić information content (AvgIpc) is 3.24. The summed E-state index contributed by atoms with van der Waals surface area (Å²) < 4.78 is 15.7. The molecule has 4 rings (SSSR count). The van der Waals surface area contributed by atoms with E-state index in [2.05, 4.69) is 0 Å². The summed E-state index contributed by atoms with van der Waals surface area (Å²) in [5.41, 5.74) is 1.13. The van der Waals surface area contributed by atoms with Crippen LogP contribution in [0.15, 0.2) is 36.4 Å². The number of rotatable bonds is 4. The van der Waals surface area contributed by atoms with Gasteiger partial charge in [0, 0.05) is 36.8 Å². The van der Waals surface area contributed by atoms with Gasteiger partial charge in [0.2, 0.25) is 6.79 Å². The van der Waals surface area contributed by atoms with Crippen LogP contribution in [0, 0.1) is 0 Å². The molecule has 0 spiro atoms. The number of esters is 1. The Kier molecular flexibility index (Phi) is 6.04. The quantitative estimate of drug-likeness (QED) is 0.664. The Morgan fingerprint density at radius 3 is 2.47 bits per heavy atom. The summed E-state index contributed by atoms with van der Waals surface area (Å²) in [7, 11) is 1.36. The van der Waals surface area contributed by atoms with Gasteiger partial charge in [0.25, 0.3) is 5.91 Å². The molecule has 0 radical (unpaired) electrons. The SMILES string of the molecule is COC(=O)[C@H](c1ccccc1Cl)N1CCN(C(=O)c2cc(Cl)c3c(c2)OCO3)CC1. The van der Waals surface area contributed by atoms with Crippen LogP contribution in [-0.2, 0) is 9.53 Å². The molecule has 7 nitrogen and oxygen atoms in total. The minimum atomic E-state index is -0.624. The zero-order valence-electron chi connectivity index (χ0n) is 16.3. The largest absolute Gasteiger partial charge is 0.468 e. The van der Waals surface area contributed by atoms with Crippen LogP contribution in [0.4, 0.5) is 0 Å². The van der Waals surface area contributed by atoms with Gasteiger partial charge in [-0.1, -0.05) is 41.4 Å². The molecule has 0 bridgehead atoms. The summed E-state index contributed by atoms with van der Waals surface area (Å²) in [5.74, 6) is 0.389. The molecule has 0 saturated carbocycles. The number of fused-ring (bicyclic) bond motifs is 1. The number of carbonyl (C=O) groups excluding carboxylic acids is 2. The van der Waals surface area contributed by atoms with Crippen molar-refractivity contribution in [2.75, 3.05) is 40.1 Å². The molecule has 2 aromatic carbocycles. The zero-order chi connectivity index (χ0) is 21.3. The second kappa shape index (κ2) is 8.71. The van der Waals surface area contributed by atoms with Crippen molar-refractivity contribution in [3.05, 3.63) is 57.6 Å². The van der Waals surface area contributed by atoms with Gasteiger partial charge in [0.1, 0.15) is 6.04 Å². The van der Waals surface area contributed by atoms with Crippen LogP contribution in [0.3, 0.4) is 0 Å². The Bertz CT molecular complexity index is 976. The minimum Gasteiger partial charge on any atom is -0.468 e. The van der Waals surface area contributed by atoms with Crippen molar-refractivity contribution < 1.29 is 23.8 Å². The zero-order valence-corrected chi connectivity index (χ0v) is 17.8. The molecule has 0 unspecified atom stereocenters. The van der Waals surface area contributed by atoms with Gasteiger partial charge in [-0.15, -0.1) is 0 Å². The monoisotopic (exact) mass is 450 g/mol. The van der Waals surface area contributed by atoms with E-state index in [-0.39, 0.29) is 18.7 Å². The number of halogens is 2. The molecule has 158 valence electrons. The number of hydrogen-bond donors (Lipinski definition) is 0. The summed E-state index contributed by atoms with van der Waals surface area (Å²) in [6, 6.07) is 9.81. The molecule has 1 atom stereocenters. The molecule has 0 N–H and O–H groups in total. The molecular formula is C21H20Cl2N2O5. The molecule has 30 heavy (non-hydrogen) atoms. The summed E-state index contributed by atoms with van der Waals surface area (Å²) in [6.07, 6.45) is 0. The maximum atomic E-state index is 13.0. The van der Waals surface area contributed by atoms with Gasteiger partial charge in [-0.2, -0.15) is 0 Å². The molecule has 1 amide bonds. The fraction of sp³-hybridized carbons (Fsp3) is 0.333. The van der Waals surface area contributed by atoms with Crippen molar-refractivity contribution in [1.82, 2.24) is 9.80 Å². The highest BCUT2D eigenvalue weighted by Gasteiger charge is 2.34.